The van der Waals surface area contributed by atoms with E-state index in [2.05, 4.69) is 16.9 Å². The summed E-state index contributed by atoms with van der Waals surface area (Å²) in [6.45, 7) is 6.09. The molecule has 1 aliphatic heterocycles. The normalized spacial score (nSPS) is 21.2. The van der Waals surface area contributed by atoms with Crippen LogP contribution in [-0.2, 0) is 7.05 Å². The van der Waals surface area contributed by atoms with Gasteiger partial charge in [0.15, 0.2) is 6.29 Å². The monoisotopic (exact) mass is 239 g/mol. The zero-order valence-corrected chi connectivity index (χ0v) is 10.8. The molecule has 0 N–H and O–H groups in total. The first-order valence-corrected chi connectivity index (χ1v) is 6.53. The predicted molar refractivity (Wildman–Crippen MR) is 67.5 cm³/mol. The quantitative estimate of drug-likeness (QED) is 0.733. The average molecular weight is 239 g/mol. The topological polar surface area (TPSA) is 38.1 Å². The van der Waals surface area contributed by atoms with Crippen LogP contribution in [0.5, 0.6) is 0 Å². The summed E-state index contributed by atoms with van der Waals surface area (Å²) in [5, 5.41) is 4.93. The van der Waals surface area contributed by atoms with Crippen molar-refractivity contribution < 1.29 is 4.79 Å². The molecule has 1 fully saturated rings. The average Bonchev–Trinajstić information content (AvgIpc) is 2.52. The number of aldehydes is 1. The molecule has 0 aromatic carbocycles. The van der Waals surface area contributed by atoms with Crippen molar-refractivity contribution in [1.29, 1.82) is 0 Å². The number of carbonyl (C=O) groups excluding carboxylic acids is 1. The molecule has 1 saturated heterocycles. The highest BCUT2D eigenvalue weighted by atomic mass is 32.2. The molecule has 0 amide bonds. The summed E-state index contributed by atoms with van der Waals surface area (Å²) >= 11 is 1.98. The molecule has 1 unspecified atom stereocenters. The number of rotatable bonds is 2. The summed E-state index contributed by atoms with van der Waals surface area (Å²) < 4.78 is 1.82. The third kappa shape index (κ3) is 1.96. The number of hydrogen-bond donors (Lipinski definition) is 0. The fourth-order valence-electron chi connectivity index (χ4n) is 2.19. The van der Waals surface area contributed by atoms with E-state index >= 15 is 0 Å². The first-order chi connectivity index (χ1) is 7.63. The minimum atomic E-state index is 0.614. The first-order valence-electron chi connectivity index (χ1n) is 5.48. The van der Waals surface area contributed by atoms with E-state index in [0.29, 0.717) is 5.25 Å². The second kappa shape index (κ2) is 4.49. The zero-order chi connectivity index (χ0) is 11.7. The van der Waals surface area contributed by atoms with Crippen molar-refractivity contribution >= 4 is 23.9 Å². The van der Waals surface area contributed by atoms with Crippen molar-refractivity contribution in [2.24, 2.45) is 7.05 Å². The van der Waals surface area contributed by atoms with E-state index in [4.69, 9.17) is 0 Å². The van der Waals surface area contributed by atoms with Gasteiger partial charge in [0.25, 0.3) is 0 Å². The van der Waals surface area contributed by atoms with Crippen LogP contribution in [0.15, 0.2) is 0 Å². The molecule has 16 heavy (non-hydrogen) atoms. The van der Waals surface area contributed by atoms with Gasteiger partial charge >= 0.3 is 0 Å². The van der Waals surface area contributed by atoms with E-state index in [-0.39, 0.29) is 0 Å². The van der Waals surface area contributed by atoms with Crippen molar-refractivity contribution in [2.75, 3.05) is 23.7 Å². The number of hydrogen-bond acceptors (Lipinski definition) is 4. The van der Waals surface area contributed by atoms with E-state index in [9.17, 15) is 4.79 Å². The lowest BCUT2D eigenvalue weighted by molar-refractivity contribution is 0.112. The summed E-state index contributed by atoms with van der Waals surface area (Å²) in [6.07, 6.45) is 0.921. The van der Waals surface area contributed by atoms with Gasteiger partial charge in [-0.2, -0.15) is 16.9 Å². The highest BCUT2D eigenvalue weighted by molar-refractivity contribution is 8.00. The van der Waals surface area contributed by atoms with Crippen molar-refractivity contribution in [2.45, 2.75) is 19.1 Å². The van der Waals surface area contributed by atoms with Crippen LogP contribution in [0.2, 0.25) is 0 Å². The van der Waals surface area contributed by atoms with Crippen molar-refractivity contribution in [3.05, 3.63) is 11.3 Å². The van der Waals surface area contributed by atoms with E-state index in [1.54, 1.807) is 0 Å². The van der Waals surface area contributed by atoms with E-state index in [1.807, 2.05) is 30.4 Å². The molecule has 4 nitrogen and oxygen atoms in total. The summed E-state index contributed by atoms with van der Waals surface area (Å²) in [5.74, 6) is 2.09. The van der Waals surface area contributed by atoms with Gasteiger partial charge < -0.3 is 4.90 Å². The first kappa shape index (κ1) is 11.5. The molecule has 0 spiro atoms. The summed E-state index contributed by atoms with van der Waals surface area (Å²) in [4.78, 5) is 13.4. The minimum Gasteiger partial charge on any atom is -0.354 e. The summed E-state index contributed by atoms with van der Waals surface area (Å²) in [5.41, 5.74) is 1.56. The maximum absolute atomic E-state index is 11.1. The molecule has 1 aliphatic rings. The molecule has 1 aromatic heterocycles. The fourth-order valence-corrected chi connectivity index (χ4v) is 3.20. The van der Waals surface area contributed by atoms with Crippen LogP contribution in [0, 0.1) is 6.92 Å². The molecule has 0 aliphatic carbocycles. The maximum atomic E-state index is 11.1. The Labute approximate surface area is 100.0 Å². The molecule has 2 rings (SSSR count). The Morgan fingerprint density at radius 3 is 2.94 bits per heavy atom. The summed E-state index contributed by atoms with van der Waals surface area (Å²) in [7, 11) is 1.90. The molecule has 5 heteroatoms. The SMILES string of the molecule is Cc1nn(C)c(N2CCSC(C)C2)c1C=O. The van der Waals surface area contributed by atoms with Gasteiger partial charge in [0, 0.05) is 31.1 Å². The standard InChI is InChI=1S/C11H17N3OS/c1-8-6-14(4-5-16-8)11-10(7-15)9(2)12-13(11)3/h7-8H,4-6H2,1-3H3. The molecule has 1 atom stereocenters. The molecule has 2 heterocycles. The lowest BCUT2D eigenvalue weighted by Gasteiger charge is -2.32. The molecule has 0 bridgehead atoms. The molecular weight excluding hydrogens is 222 g/mol. The number of anilines is 1. The van der Waals surface area contributed by atoms with Crippen LogP contribution < -0.4 is 4.90 Å². The third-order valence-electron chi connectivity index (χ3n) is 2.90. The Morgan fingerprint density at radius 2 is 2.31 bits per heavy atom. The van der Waals surface area contributed by atoms with Gasteiger partial charge in [0.05, 0.1) is 11.3 Å². The highest BCUT2D eigenvalue weighted by Crippen LogP contribution is 2.27. The lowest BCUT2D eigenvalue weighted by Crippen LogP contribution is -2.38. The van der Waals surface area contributed by atoms with Gasteiger partial charge in [-0.25, -0.2) is 0 Å². The number of nitrogens with zero attached hydrogens (tertiary/aromatic N) is 3. The Hall–Kier alpha value is -0.970. The van der Waals surface area contributed by atoms with Crippen LogP contribution >= 0.6 is 11.8 Å². The van der Waals surface area contributed by atoms with Crippen molar-refractivity contribution in [3.63, 3.8) is 0 Å². The van der Waals surface area contributed by atoms with Crippen LogP contribution in [-0.4, -0.2) is 40.2 Å². The van der Waals surface area contributed by atoms with E-state index in [0.717, 1.165) is 42.2 Å². The highest BCUT2D eigenvalue weighted by Gasteiger charge is 2.23. The van der Waals surface area contributed by atoms with Gasteiger partial charge in [0.1, 0.15) is 5.82 Å². The Morgan fingerprint density at radius 1 is 1.56 bits per heavy atom. The molecule has 0 radical (unpaired) electrons. The minimum absolute atomic E-state index is 0.614. The Balaban J connectivity index is 2.34. The Bertz CT molecular complexity index is 402. The van der Waals surface area contributed by atoms with Crippen LogP contribution in [0.4, 0.5) is 5.82 Å². The second-order valence-electron chi connectivity index (χ2n) is 4.19. The third-order valence-corrected chi connectivity index (χ3v) is 4.03. The number of aromatic nitrogens is 2. The van der Waals surface area contributed by atoms with Gasteiger partial charge in [-0.15, -0.1) is 0 Å². The van der Waals surface area contributed by atoms with Crippen LogP contribution in [0.25, 0.3) is 0 Å². The summed E-state index contributed by atoms with van der Waals surface area (Å²) in [6, 6.07) is 0. The largest absolute Gasteiger partial charge is 0.354 e. The van der Waals surface area contributed by atoms with Crippen LogP contribution in [0.3, 0.4) is 0 Å². The predicted octanol–water partition coefficient (Wildman–Crippen LogP) is 1.48. The molecule has 88 valence electrons. The number of aryl methyl sites for hydroxylation is 2. The molecule has 0 saturated carbocycles. The van der Waals surface area contributed by atoms with E-state index < -0.39 is 0 Å². The number of carbonyl (C=O) groups is 1. The van der Waals surface area contributed by atoms with Gasteiger partial charge in [-0.3, -0.25) is 9.48 Å². The van der Waals surface area contributed by atoms with Gasteiger partial charge in [-0.1, -0.05) is 6.92 Å². The van der Waals surface area contributed by atoms with Crippen LogP contribution in [0.1, 0.15) is 23.0 Å². The lowest BCUT2D eigenvalue weighted by atomic mass is 10.2. The van der Waals surface area contributed by atoms with Crippen molar-refractivity contribution in [1.82, 2.24) is 9.78 Å². The van der Waals surface area contributed by atoms with Crippen molar-refractivity contribution in [3.8, 4) is 0 Å². The molecular formula is C11H17N3OS. The molecule has 1 aromatic rings. The van der Waals surface area contributed by atoms with Gasteiger partial charge in [0.2, 0.25) is 0 Å². The second-order valence-corrected chi connectivity index (χ2v) is 5.74. The maximum Gasteiger partial charge on any atom is 0.155 e. The van der Waals surface area contributed by atoms with E-state index in [1.165, 1.54) is 0 Å². The smallest absolute Gasteiger partial charge is 0.155 e. The zero-order valence-electron chi connectivity index (χ0n) is 9.93. The number of thioether (sulfide) groups is 1. The fraction of sp³-hybridized carbons (Fsp3) is 0.636. The Kier molecular flexibility index (Phi) is 3.23. The van der Waals surface area contributed by atoms with Gasteiger partial charge in [-0.05, 0) is 6.92 Å².